The number of nitrogens with zero attached hydrogens (tertiary/aromatic N) is 2. The van der Waals surface area contributed by atoms with E-state index in [1.165, 1.54) is 11.0 Å². The van der Waals surface area contributed by atoms with Gasteiger partial charge in [0.25, 0.3) is 0 Å². The molecule has 0 spiro atoms. The van der Waals surface area contributed by atoms with Gasteiger partial charge in [-0.25, -0.2) is 0 Å². The molecule has 0 bridgehead atoms. The molecule has 1 heterocycles. The lowest BCUT2D eigenvalue weighted by Gasteiger charge is -2.52. The van der Waals surface area contributed by atoms with Crippen LogP contribution in [0.25, 0.3) is 11.1 Å². The van der Waals surface area contributed by atoms with E-state index in [1.54, 1.807) is 26.4 Å². The van der Waals surface area contributed by atoms with E-state index in [4.69, 9.17) is 10.2 Å². The number of Topliss-reactive ketones (excluding diaryl/α,β-unsaturated/α-hetero) is 4. The normalized spacial score (nSPS) is 30.4. The molecule has 5 rings (SSSR count). The molecule has 2 aromatic rings. The Labute approximate surface area is 224 Å². The maximum absolute atomic E-state index is 13.9. The minimum atomic E-state index is -2.74. The summed E-state index contributed by atoms with van der Waals surface area (Å²) in [7, 11) is 6.90. The van der Waals surface area contributed by atoms with Crippen LogP contribution in [-0.2, 0) is 32.1 Å². The minimum Gasteiger partial charge on any atom is -0.507 e. The predicted molar refractivity (Wildman–Crippen MR) is 136 cm³/mol. The van der Waals surface area contributed by atoms with Crippen LogP contribution in [0, 0.1) is 23.7 Å². The number of rotatable bonds is 5. The number of carbonyl (C=O) groups excluding carboxylic acids is 5. The highest BCUT2D eigenvalue weighted by molar-refractivity contribution is 6.32. The number of likely N-dealkylation sites (N-methyl/N-ethyl adjacent to an activating group) is 1. The summed E-state index contributed by atoms with van der Waals surface area (Å²) < 4.78 is 5.68. The highest BCUT2D eigenvalue weighted by Crippen LogP contribution is 2.51. The Bertz CT molecular complexity index is 1430. The lowest BCUT2D eigenvalue weighted by Crippen LogP contribution is -2.74. The van der Waals surface area contributed by atoms with Crippen molar-refractivity contribution in [1.29, 1.82) is 0 Å². The van der Waals surface area contributed by atoms with Crippen LogP contribution in [0.3, 0.4) is 0 Å². The van der Waals surface area contributed by atoms with Crippen LogP contribution in [0.5, 0.6) is 5.75 Å². The minimum absolute atomic E-state index is 0.00371. The van der Waals surface area contributed by atoms with Gasteiger partial charge in [-0.2, -0.15) is 0 Å². The third-order valence-electron chi connectivity index (χ3n) is 8.38. The Hall–Kier alpha value is -3.67. The molecule has 11 heteroatoms. The van der Waals surface area contributed by atoms with Gasteiger partial charge in [-0.15, -0.1) is 0 Å². The SMILES string of the molecule is CN(C)Cc1cc(-c2ccc(O)c3c2C[C@H]2C[C@H]4[C@H](N(C)C)C(=O)C(C(N)=O)C(=O)[C@@]4(O)C(=O)C2C3=O)co1. The van der Waals surface area contributed by atoms with Gasteiger partial charge in [0.2, 0.25) is 5.91 Å². The van der Waals surface area contributed by atoms with Crippen molar-refractivity contribution in [2.75, 3.05) is 28.2 Å². The van der Waals surface area contributed by atoms with Crippen molar-refractivity contribution in [2.45, 2.75) is 31.0 Å². The van der Waals surface area contributed by atoms with Crippen LogP contribution < -0.4 is 5.73 Å². The highest BCUT2D eigenvalue weighted by Gasteiger charge is 2.69. The molecule has 3 aliphatic carbocycles. The molecular weight excluding hydrogens is 506 g/mol. The van der Waals surface area contributed by atoms with Gasteiger partial charge in [0.05, 0.1) is 30.3 Å². The number of primary amides is 1. The Balaban J connectivity index is 1.62. The van der Waals surface area contributed by atoms with Gasteiger partial charge in [0.15, 0.2) is 34.7 Å². The molecule has 0 saturated heterocycles. The maximum Gasteiger partial charge on any atom is 0.235 e. The number of nitrogens with two attached hydrogens (primary N) is 1. The Morgan fingerprint density at radius 3 is 2.44 bits per heavy atom. The first-order chi connectivity index (χ1) is 18.3. The fourth-order valence-electron chi connectivity index (χ4n) is 6.79. The van der Waals surface area contributed by atoms with Gasteiger partial charge in [-0.3, -0.25) is 28.9 Å². The van der Waals surface area contributed by atoms with Crippen LogP contribution in [0.4, 0.5) is 0 Å². The number of aromatic hydroxyl groups is 1. The molecule has 1 aromatic carbocycles. The predicted octanol–water partition coefficient (Wildman–Crippen LogP) is 0.189. The first-order valence-electron chi connectivity index (χ1n) is 12.7. The summed E-state index contributed by atoms with van der Waals surface area (Å²) in [4.78, 5) is 69.7. The first-order valence-corrected chi connectivity index (χ1v) is 12.7. The van der Waals surface area contributed by atoms with Crippen molar-refractivity contribution in [3.8, 4) is 16.9 Å². The molecule has 11 nitrogen and oxygen atoms in total. The van der Waals surface area contributed by atoms with E-state index in [9.17, 15) is 34.2 Å². The van der Waals surface area contributed by atoms with E-state index in [0.29, 0.717) is 29.0 Å². The van der Waals surface area contributed by atoms with E-state index in [1.807, 2.05) is 25.1 Å². The molecule has 2 unspecified atom stereocenters. The zero-order chi connectivity index (χ0) is 28.5. The highest BCUT2D eigenvalue weighted by atomic mass is 16.3. The summed E-state index contributed by atoms with van der Waals surface area (Å²) in [5.74, 6) is -9.94. The fourth-order valence-corrected chi connectivity index (χ4v) is 6.79. The third-order valence-corrected chi connectivity index (χ3v) is 8.38. The second kappa shape index (κ2) is 9.22. The van der Waals surface area contributed by atoms with Crippen LogP contribution in [0.2, 0.25) is 0 Å². The number of phenolic OH excluding ortho intramolecular Hbond substituents is 1. The van der Waals surface area contributed by atoms with E-state index in [0.717, 1.165) is 0 Å². The van der Waals surface area contributed by atoms with Crippen LogP contribution >= 0.6 is 0 Å². The van der Waals surface area contributed by atoms with Crippen molar-refractivity contribution in [1.82, 2.24) is 9.80 Å². The van der Waals surface area contributed by atoms with Gasteiger partial charge in [0, 0.05) is 11.5 Å². The quantitative estimate of drug-likeness (QED) is 0.447. The molecule has 1 amide bonds. The molecule has 0 radical (unpaired) electrons. The van der Waals surface area contributed by atoms with Gasteiger partial charge in [-0.05, 0) is 70.2 Å². The lowest BCUT2D eigenvalue weighted by molar-refractivity contribution is -0.181. The summed E-state index contributed by atoms with van der Waals surface area (Å²) >= 11 is 0. The number of ketones is 4. The number of phenols is 1. The number of amides is 1. The van der Waals surface area contributed by atoms with Crippen molar-refractivity contribution >= 4 is 29.0 Å². The lowest BCUT2D eigenvalue weighted by atomic mass is 9.52. The summed E-state index contributed by atoms with van der Waals surface area (Å²) in [5, 5.41) is 22.4. The fraction of sp³-hybridized carbons (Fsp3) is 0.464. The molecule has 3 aliphatic rings. The average molecular weight is 538 g/mol. The van der Waals surface area contributed by atoms with Crippen LogP contribution in [-0.4, -0.2) is 88.9 Å². The largest absolute Gasteiger partial charge is 0.507 e. The second-order valence-corrected chi connectivity index (χ2v) is 11.3. The molecule has 2 fully saturated rings. The number of furan rings is 1. The summed E-state index contributed by atoms with van der Waals surface area (Å²) in [6, 6.07) is 3.75. The van der Waals surface area contributed by atoms with Gasteiger partial charge in [-0.1, -0.05) is 6.07 Å². The van der Waals surface area contributed by atoms with Crippen LogP contribution in [0.1, 0.15) is 28.1 Å². The Kier molecular flexibility index (Phi) is 6.36. The zero-order valence-electron chi connectivity index (χ0n) is 22.1. The first kappa shape index (κ1) is 26.9. The van der Waals surface area contributed by atoms with Gasteiger partial charge < -0.3 is 25.3 Å². The number of fused-ring (bicyclic) bond motifs is 3. The monoisotopic (exact) mass is 537 g/mol. The molecule has 206 valence electrons. The summed E-state index contributed by atoms with van der Waals surface area (Å²) in [6.07, 6.45) is 1.75. The smallest absolute Gasteiger partial charge is 0.235 e. The molecule has 4 N–H and O–H groups in total. The third kappa shape index (κ3) is 3.87. The van der Waals surface area contributed by atoms with E-state index >= 15 is 0 Å². The van der Waals surface area contributed by atoms with E-state index in [-0.39, 0.29) is 24.2 Å². The van der Waals surface area contributed by atoms with Crippen molar-refractivity contribution in [3.63, 3.8) is 0 Å². The van der Waals surface area contributed by atoms with Gasteiger partial charge in [0.1, 0.15) is 11.5 Å². The van der Waals surface area contributed by atoms with Crippen molar-refractivity contribution < 1.29 is 38.6 Å². The zero-order valence-corrected chi connectivity index (χ0v) is 22.1. The Morgan fingerprint density at radius 1 is 1.13 bits per heavy atom. The summed E-state index contributed by atoms with van der Waals surface area (Å²) in [5.41, 5.74) is 4.45. The molecule has 0 aliphatic heterocycles. The second-order valence-electron chi connectivity index (χ2n) is 11.3. The molecule has 1 aromatic heterocycles. The Morgan fingerprint density at radius 2 is 1.82 bits per heavy atom. The molecule has 2 saturated carbocycles. The van der Waals surface area contributed by atoms with Crippen molar-refractivity contribution in [2.24, 2.45) is 29.4 Å². The van der Waals surface area contributed by atoms with E-state index < -0.39 is 64.4 Å². The molecule has 39 heavy (non-hydrogen) atoms. The van der Waals surface area contributed by atoms with Gasteiger partial charge >= 0.3 is 0 Å². The van der Waals surface area contributed by atoms with E-state index in [2.05, 4.69) is 0 Å². The average Bonchev–Trinajstić information content (AvgIpc) is 3.28. The topological polar surface area (TPSA) is 171 Å². The number of aliphatic hydroxyl groups is 1. The summed E-state index contributed by atoms with van der Waals surface area (Å²) in [6.45, 7) is 0.555. The number of carbonyl (C=O) groups is 5. The maximum atomic E-state index is 13.9. The number of benzene rings is 1. The number of hydrogen-bond acceptors (Lipinski definition) is 10. The number of hydrogen-bond donors (Lipinski definition) is 3. The van der Waals surface area contributed by atoms with Crippen LogP contribution in [0.15, 0.2) is 28.9 Å². The molecular formula is C28H31N3O8. The molecule has 6 atom stereocenters. The standard InChI is InChI=1S/C28H31N3O8/c1-30(2)10-14-7-13(11-39-14)15-5-6-18(32)20-16(15)8-12-9-17-22(31(3)4)24(34)21(27(29)37)26(36)28(17,38)25(35)19(12)23(20)33/h5-7,11-12,17,19,21-22,32,38H,8-10H2,1-4H3,(H2,29,37)/t12-,17-,19?,21?,22-,28-/m0/s1. The van der Waals surface area contributed by atoms with Crippen molar-refractivity contribution in [3.05, 3.63) is 41.3 Å².